The summed E-state index contributed by atoms with van der Waals surface area (Å²) in [7, 11) is 0. The summed E-state index contributed by atoms with van der Waals surface area (Å²) in [5, 5.41) is 12.7. The third-order valence-corrected chi connectivity index (χ3v) is 3.14. The van der Waals surface area contributed by atoms with E-state index in [9.17, 15) is 5.11 Å². The molecule has 2 aromatic rings. The number of rotatable bonds is 4. The average molecular weight is 241 g/mol. The number of hydrogen-bond acceptors (Lipinski definition) is 2. The van der Waals surface area contributed by atoms with Gasteiger partial charge in [0.2, 0.25) is 0 Å². The molecule has 2 heteroatoms. The molecule has 0 aromatic heterocycles. The summed E-state index contributed by atoms with van der Waals surface area (Å²) < 4.78 is 0. The van der Waals surface area contributed by atoms with Crippen LogP contribution in [0, 0.1) is 13.8 Å². The van der Waals surface area contributed by atoms with Gasteiger partial charge in [0.15, 0.2) is 0 Å². The van der Waals surface area contributed by atoms with Crippen molar-refractivity contribution in [1.29, 1.82) is 0 Å². The summed E-state index contributed by atoms with van der Waals surface area (Å²) in [4.78, 5) is 0. The van der Waals surface area contributed by atoms with Crippen molar-refractivity contribution in [1.82, 2.24) is 0 Å². The molecular weight excluding hydrogens is 222 g/mol. The summed E-state index contributed by atoms with van der Waals surface area (Å²) in [5.41, 5.74) is 5.79. The van der Waals surface area contributed by atoms with Gasteiger partial charge < -0.3 is 10.4 Å². The molecule has 18 heavy (non-hydrogen) atoms. The van der Waals surface area contributed by atoms with Crippen LogP contribution < -0.4 is 5.32 Å². The lowest BCUT2D eigenvalue weighted by Crippen LogP contribution is -2.04. The maximum atomic E-state index is 9.28. The van der Waals surface area contributed by atoms with Gasteiger partial charge in [-0.2, -0.15) is 0 Å². The van der Waals surface area contributed by atoms with Crippen molar-refractivity contribution in [2.24, 2.45) is 0 Å². The van der Waals surface area contributed by atoms with Gasteiger partial charge in [0, 0.05) is 12.2 Å². The summed E-state index contributed by atoms with van der Waals surface area (Å²) in [5.74, 6) is 0. The van der Waals surface area contributed by atoms with E-state index in [2.05, 4.69) is 37.4 Å². The minimum atomic E-state index is 0.0880. The second-order valence-corrected chi connectivity index (χ2v) is 4.60. The highest BCUT2D eigenvalue weighted by Crippen LogP contribution is 2.18. The Hall–Kier alpha value is -1.80. The topological polar surface area (TPSA) is 32.3 Å². The third kappa shape index (κ3) is 2.90. The lowest BCUT2D eigenvalue weighted by Gasteiger charge is -2.12. The molecule has 0 aliphatic carbocycles. The van der Waals surface area contributed by atoms with Crippen LogP contribution in [0.4, 0.5) is 5.69 Å². The zero-order chi connectivity index (χ0) is 13.0. The second-order valence-electron chi connectivity index (χ2n) is 4.60. The lowest BCUT2D eigenvalue weighted by atomic mass is 10.1. The number of hydrogen-bond donors (Lipinski definition) is 2. The van der Waals surface area contributed by atoms with E-state index in [1.54, 1.807) is 0 Å². The van der Waals surface area contributed by atoms with Crippen LogP contribution in [0.1, 0.15) is 22.3 Å². The normalized spacial score (nSPS) is 10.4. The number of benzene rings is 2. The Balaban J connectivity index is 2.11. The molecule has 0 atom stereocenters. The van der Waals surface area contributed by atoms with Crippen LogP contribution in [-0.4, -0.2) is 5.11 Å². The van der Waals surface area contributed by atoms with Crippen LogP contribution in [0.3, 0.4) is 0 Å². The van der Waals surface area contributed by atoms with Gasteiger partial charge in [-0.25, -0.2) is 0 Å². The summed E-state index contributed by atoms with van der Waals surface area (Å²) in [6.45, 7) is 5.02. The van der Waals surface area contributed by atoms with Crippen molar-refractivity contribution in [3.8, 4) is 0 Å². The highest BCUT2D eigenvalue weighted by Gasteiger charge is 2.02. The third-order valence-electron chi connectivity index (χ3n) is 3.14. The minimum absolute atomic E-state index is 0.0880. The molecular formula is C16H19NO. The Morgan fingerprint density at radius 3 is 2.39 bits per heavy atom. The zero-order valence-corrected chi connectivity index (χ0v) is 10.9. The van der Waals surface area contributed by atoms with Gasteiger partial charge in [-0.1, -0.05) is 42.0 Å². The van der Waals surface area contributed by atoms with Gasteiger partial charge in [0.25, 0.3) is 0 Å². The van der Waals surface area contributed by atoms with Crippen LogP contribution in [0.15, 0.2) is 42.5 Å². The maximum absolute atomic E-state index is 9.28. The van der Waals surface area contributed by atoms with Crippen molar-refractivity contribution < 1.29 is 5.11 Å². The molecule has 0 aliphatic rings. The van der Waals surface area contributed by atoms with Gasteiger partial charge in [-0.05, 0) is 36.6 Å². The van der Waals surface area contributed by atoms with Gasteiger partial charge >= 0.3 is 0 Å². The van der Waals surface area contributed by atoms with E-state index in [4.69, 9.17) is 0 Å². The predicted octanol–water partition coefficient (Wildman–Crippen LogP) is 3.41. The van der Waals surface area contributed by atoms with Crippen LogP contribution in [0.2, 0.25) is 0 Å². The van der Waals surface area contributed by atoms with Crippen molar-refractivity contribution in [3.05, 3.63) is 64.7 Å². The summed E-state index contributed by atoms with van der Waals surface area (Å²) in [6, 6.07) is 14.3. The zero-order valence-electron chi connectivity index (χ0n) is 10.9. The van der Waals surface area contributed by atoms with Crippen LogP contribution in [0.5, 0.6) is 0 Å². The fraction of sp³-hybridized carbons (Fsp3) is 0.250. The SMILES string of the molecule is Cc1ccc(NCc2ccccc2CO)c(C)c1. The summed E-state index contributed by atoms with van der Waals surface area (Å²) in [6.07, 6.45) is 0. The number of aliphatic hydroxyl groups is 1. The molecule has 2 aromatic carbocycles. The largest absolute Gasteiger partial charge is 0.392 e. The molecule has 0 heterocycles. The molecule has 2 N–H and O–H groups in total. The van der Waals surface area contributed by atoms with E-state index < -0.39 is 0 Å². The maximum Gasteiger partial charge on any atom is 0.0685 e. The quantitative estimate of drug-likeness (QED) is 0.859. The molecule has 2 nitrogen and oxygen atoms in total. The van der Waals surface area contributed by atoms with Crippen molar-refractivity contribution in [3.63, 3.8) is 0 Å². The predicted molar refractivity (Wildman–Crippen MR) is 75.6 cm³/mol. The minimum Gasteiger partial charge on any atom is -0.392 e. The molecule has 0 unspecified atom stereocenters. The number of anilines is 1. The van der Waals surface area contributed by atoms with Crippen molar-refractivity contribution in [2.45, 2.75) is 27.0 Å². The van der Waals surface area contributed by atoms with E-state index in [0.717, 1.165) is 23.4 Å². The van der Waals surface area contributed by atoms with Crippen molar-refractivity contribution >= 4 is 5.69 Å². The Bertz CT molecular complexity index is 534. The molecule has 0 saturated heterocycles. The first-order valence-corrected chi connectivity index (χ1v) is 6.19. The number of nitrogens with one attached hydrogen (secondary N) is 1. The van der Waals surface area contributed by atoms with Gasteiger partial charge in [0.1, 0.15) is 0 Å². The van der Waals surface area contributed by atoms with Gasteiger partial charge in [0.05, 0.1) is 6.61 Å². The van der Waals surface area contributed by atoms with Crippen molar-refractivity contribution in [2.75, 3.05) is 5.32 Å². The second kappa shape index (κ2) is 5.69. The molecule has 0 bridgehead atoms. The number of aryl methyl sites for hydroxylation is 2. The molecule has 0 saturated carbocycles. The number of aliphatic hydroxyl groups excluding tert-OH is 1. The van der Waals surface area contributed by atoms with E-state index in [1.807, 2.05) is 24.3 Å². The fourth-order valence-electron chi connectivity index (χ4n) is 2.09. The average Bonchev–Trinajstić information content (AvgIpc) is 2.38. The Kier molecular flexibility index (Phi) is 4.00. The first kappa shape index (κ1) is 12.7. The van der Waals surface area contributed by atoms with Crippen LogP contribution in [-0.2, 0) is 13.2 Å². The molecule has 0 spiro atoms. The molecule has 0 amide bonds. The molecule has 2 rings (SSSR count). The van der Waals surface area contributed by atoms with Gasteiger partial charge in [-0.3, -0.25) is 0 Å². The molecule has 0 aliphatic heterocycles. The van der Waals surface area contributed by atoms with Crippen LogP contribution in [0.25, 0.3) is 0 Å². The van der Waals surface area contributed by atoms with Gasteiger partial charge in [-0.15, -0.1) is 0 Å². The smallest absolute Gasteiger partial charge is 0.0685 e. The molecule has 0 fully saturated rings. The molecule has 0 radical (unpaired) electrons. The first-order chi connectivity index (χ1) is 8.70. The highest BCUT2D eigenvalue weighted by molar-refractivity contribution is 5.52. The Morgan fingerprint density at radius 2 is 1.72 bits per heavy atom. The summed E-state index contributed by atoms with van der Waals surface area (Å²) >= 11 is 0. The molecule has 94 valence electrons. The van der Waals surface area contributed by atoms with E-state index in [0.29, 0.717) is 0 Å². The van der Waals surface area contributed by atoms with Crippen LogP contribution >= 0.6 is 0 Å². The monoisotopic (exact) mass is 241 g/mol. The lowest BCUT2D eigenvalue weighted by molar-refractivity contribution is 0.280. The fourth-order valence-corrected chi connectivity index (χ4v) is 2.09. The van der Waals surface area contributed by atoms with E-state index in [-0.39, 0.29) is 6.61 Å². The van der Waals surface area contributed by atoms with E-state index >= 15 is 0 Å². The highest BCUT2D eigenvalue weighted by atomic mass is 16.3. The Morgan fingerprint density at radius 1 is 1.00 bits per heavy atom. The Labute approximate surface area is 108 Å². The van der Waals surface area contributed by atoms with E-state index in [1.165, 1.54) is 11.1 Å². The first-order valence-electron chi connectivity index (χ1n) is 6.19. The standard InChI is InChI=1S/C16H19NO/c1-12-7-8-16(13(2)9-12)17-10-14-5-3-4-6-15(14)11-18/h3-9,17-18H,10-11H2,1-2H3.